The van der Waals surface area contributed by atoms with Crippen LogP contribution in [0.25, 0.3) is 0 Å². The van der Waals surface area contributed by atoms with Gasteiger partial charge < -0.3 is 10.4 Å². The molecule has 2 N–H and O–H groups in total. The van der Waals surface area contributed by atoms with Crippen LogP contribution in [0.1, 0.15) is 24.3 Å². The normalized spacial score (nSPS) is 18.4. The fraction of sp³-hybridized carbons (Fsp3) is 0.333. The molecular weight excluding hydrogens is 256 g/mol. The van der Waals surface area contributed by atoms with Gasteiger partial charge in [-0.2, -0.15) is 0 Å². The molecule has 104 valence electrons. The molecule has 1 aliphatic heterocycles. The molecule has 1 aromatic carbocycles. The summed E-state index contributed by atoms with van der Waals surface area (Å²) in [5.41, 5.74) is 2.35. The van der Waals surface area contributed by atoms with Crippen molar-refractivity contribution >= 4 is 17.5 Å². The Balaban J connectivity index is 1.80. The summed E-state index contributed by atoms with van der Waals surface area (Å²) in [7, 11) is 0. The third kappa shape index (κ3) is 2.32. The maximum atomic E-state index is 12.1. The fourth-order valence-electron chi connectivity index (χ4n) is 2.42. The molecule has 3 rings (SSSR count). The van der Waals surface area contributed by atoms with Crippen LogP contribution < -0.4 is 5.32 Å². The first-order valence-electron chi connectivity index (χ1n) is 6.75. The second kappa shape index (κ2) is 5.09. The van der Waals surface area contributed by atoms with Gasteiger partial charge in [-0.3, -0.25) is 14.5 Å². The number of imide groups is 1. The summed E-state index contributed by atoms with van der Waals surface area (Å²) in [4.78, 5) is 24.8. The van der Waals surface area contributed by atoms with Crippen LogP contribution in [0, 0.1) is 0 Å². The molecule has 0 saturated heterocycles. The predicted molar refractivity (Wildman–Crippen MR) is 73.9 cm³/mol. The molecule has 2 aliphatic rings. The first-order valence-corrected chi connectivity index (χ1v) is 6.75. The Morgan fingerprint density at radius 1 is 1.25 bits per heavy atom. The van der Waals surface area contributed by atoms with E-state index in [1.54, 1.807) is 0 Å². The van der Waals surface area contributed by atoms with Crippen molar-refractivity contribution in [2.24, 2.45) is 0 Å². The summed E-state index contributed by atoms with van der Waals surface area (Å²) >= 11 is 0. The van der Waals surface area contributed by atoms with Crippen LogP contribution in [0.5, 0.6) is 0 Å². The number of hydrogen-bond acceptors (Lipinski definition) is 4. The van der Waals surface area contributed by atoms with E-state index in [4.69, 9.17) is 5.11 Å². The molecular formula is C15H16N2O3. The average Bonchev–Trinajstić information content (AvgIpc) is 3.24. The average molecular weight is 272 g/mol. The predicted octanol–water partition coefficient (Wildman–Crippen LogP) is 1.22. The topological polar surface area (TPSA) is 69.6 Å². The maximum absolute atomic E-state index is 12.1. The molecule has 0 spiro atoms. The van der Waals surface area contributed by atoms with Crippen molar-refractivity contribution in [1.82, 2.24) is 4.90 Å². The van der Waals surface area contributed by atoms with Gasteiger partial charge in [0, 0.05) is 11.8 Å². The molecule has 1 aromatic rings. The van der Waals surface area contributed by atoms with Gasteiger partial charge in [0.15, 0.2) is 0 Å². The summed E-state index contributed by atoms with van der Waals surface area (Å²) in [6.07, 6.45) is 3.63. The van der Waals surface area contributed by atoms with Gasteiger partial charge >= 0.3 is 0 Å². The molecule has 2 amide bonds. The fourth-order valence-corrected chi connectivity index (χ4v) is 2.42. The van der Waals surface area contributed by atoms with E-state index in [1.165, 1.54) is 24.5 Å². The highest BCUT2D eigenvalue weighted by molar-refractivity contribution is 6.17. The molecule has 5 nitrogen and oxygen atoms in total. The molecule has 0 aromatic heterocycles. The van der Waals surface area contributed by atoms with E-state index in [-0.39, 0.29) is 30.7 Å². The molecule has 0 bridgehead atoms. The lowest BCUT2D eigenvalue weighted by molar-refractivity contribution is -0.137. The molecule has 0 unspecified atom stereocenters. The summed E-state index contributed by atoms with van der Waals surface area (Å²) in [6, 6.07) is 7.85. The van der Waals surface area contributed by atoms with Crippen LogP contribution in [-0.4, -0.2) is 35.0 Å². The summed E-state index contributed by atoms with van der Waals surface area (Å²) in [5.74, 6) is -0.204. The van der Waals surface area contributed by atoms with Gasteiger partial charge in [-0.25, -0.2) is 0 Å². The minimum absolute atomic E-state index is 0.0314. The van der Waals surface area contributed by atoms with Crippen molar-refractivity contribution < 1.29 is 14.7 Å². The van der Waals surface area contributed by atoms with E-state index in [9.17, 15) is 9.59 Å². The lowest BCUT2D eigenvalue weighted by Gasteiger charge is -2.15. The molecule has 5 heteroatoms. The number of hydrogen-bond donors (Lipinski definition) is 2. The first kappa shape index (κ1) is 12.9. The largest absolute Gasteiger partial charge is 0.395 e. The number of aliphatic hydroxyl groups excluding tert-OH is 1. The van der Waals surface area contributed by atoms with E-state index in [1.807, 2.05) is 24.3 Å². The van der Waals surface area contributed by atoms with Crippen molar-refractivity contribution in [1.29, 1.82) is 0 Å². The van der Waals surface area contributed by atoms with Crippen molar-refractivity contribution in [3.8, 4) is 0 Å². The third-order valence-corrected chi connectivity index (χ3v) is 3.58. The maximum Gasteiger partial charge on any atom is 0.277 e. The zero-order valence-corrected chi connectivity index (χ0v) is 11.0. The second-order valence-electron chi connectivity index (χ2n) is 5.06. The van der Waals surface area contributed by atoms with Crippen LogP contribution in [0.4, 0.5) is 5.69 Å². The number of aliphatic hydroxyl groups is 1. The highest BCUT2D eigenvalue weighted by atomic mass is 16.3. The van der Waals surface area contributed by atoms with Crippen LogP contribution in [-0.2, 0) is 9.59 Å². The Kier molecular flexibility index (Phi) is 3.28. The van der Waals surface area contributed by atoms with Crippen molar-refractivity contribution in [3.63, 3.8) is 0 Å². The van der Waals surface area contributed by atoms with Gasteiger partial charge in [0.1, 0.15) is 5.70 Å². The highest BCUT2D eigenvalue weighted by Gasteiger charge is 2.32. The van der Waals surface area contributed by atoms with Crippen molar-refractivity contribution in [3.05, 3.63) is 41.6 Å². The Bertz CT molecular complexity index is 591. The lowest BCUT2D eigenvalue weighted by Crippen LogP contribution is -2.34. The zero-order valence-electron chi connectivity index (χ0n) is 11.0. The number of carbonyl (C=O) groups is 2. The summed E-state index contributed by atoms with van der Waals surface area (Å²) in [5, 5.41) is 11.9. The van der Waals surface area contributed by atoms with E-state index in [0.29, 0.717) is 5.92 Å². The molecule has 20 heavy (non-hydrogen) atoms. The summed E-state index contributed by atoms with van der Waals surface area (Å²) < 4.78 is 0. The third-order valence-electron chi connectivity index (χ3n) is 3.58. The Morgan fingerprint density at radius 3 is 2.70 bits per heavy atom. The van der Waals surface area contributed by atoms with Gasteiger partial charge in [-0.1, -0.05) is 18.2 Å². The van der Waals surface area contributed by atoms with Gasteiger partial charge in [-0.15, -0.1) is 0 Å². The monoisotopic (exact) mass is 272 g/mol. The molecule has 0 atom stereocenters. The number of amides is 2. The number of benzene rings is 1. The van der Waals surface area contributed by atoms with Crippen LogP contribution in [0.15, 0.2) is 36.0 Å². The van der Waals surface area contributed by atoms with E-state index in [0.717, 1.165) is 10.6 Å². The van der Waals surface area contributed by atoms with Crippen LogP contribution >= 0.6 is 0 Å². The highest BCUT2D eigenvalue weighted by Crippen LogP contribution is 2.43. The number of carbonyl (C=O) groups excluding carboxylic acids is 2. The number of nitrogens with zero attached hydrogens (tertiary/aromatic N) is 1. The number of rotatable bonds is 5. The number of para-hydroxylation sites is 1. The van der Waals surface area contributed by atoms with E-state index in [2.05, 4.69) is 5.32 Å². The number of nitrogens with one attached hydrogen (secondary N) is 1. The van der Waals surface area contributed by atoms with E-state index >= 15 is 0 Å². The van der Waals surface area contributed by atoms with Gasteiger partial charge in [0.2, 0.25) is 0 Å². The molecule has 1 fully saturated rings. The van der Waals surface area contributed by atoms with Gasteiger partial charge in [-0.05, 0) is 30.4 Å². The Labute approximate surface area is 116 Å². The minimum atomic E-state index is -0.380. The molecule has 1 heterocycles. The van der Waals surface area contributed by atoms with Crippen LogP contribution in [0.3, 0.4) is 0 Å². The Hall–Kier alpha value is -2.14. The smallest absolute Gasteiger partial charge is 0.277 e. The second-order valence-corrected chi connectivity index (χ2v) is 5.06. The van der Waals surface area contributed by atoms with Crippen molar-refractivity contribution in [2.45, 2.75) is 18.8 Å². The lowest BCUT2D eigenvalue weighted by atomic mass is 10.1. The molecule has 0 radical (unpaired) electrons. The SMILES string of the molecule is O=C1C=C(Nc2ccccc2C2CC2)C(=O)N1CCO. The van der Waals surface area contributed by atoms with Crippen LogP contribution in [0.2, 0.25) is 0 Å². The molecule has 1 saturated carbocycles. The zero-order chi connectivity index (χ0) is 14.1. The quantitative estimate of drug-likeness (QED) is 0.791. The number of anilines is 1. The van der Waals surface area contributed by atoms with Crippen molar-refractivity contribution in [2.75, 3.05) is 18.5 Å². The van der Waals surface area contributed by atoms with E-state index < -0.39 is 0 Å². The standard InChI is InChI=1S/C15H16N2O3/c18-8-7-17-14(19)9-13(15(17)20)16-12-4-2-1-3-11(12)10-5-6-10/h1-4,9-10,16,18H,5-8H2. The first-order chi connectivity index (χ1) is 9.70. The molecule has 1 aliphatic carbocycles. The Morgan fingerprint density at radius 2 is 2.00 bits per heavy atom. The number of β-amino-alcohol motifs (C(OH)–C–C–N with tert-alkyl or cyclic N) is 1. The van der Waals surface area contributed by atoms with Gasteiger partial charge in [0.05, 0.1) is 13.2 Å². The summed E-state index contributed by atoms with van der Waals surface area (Å²) in [6.45, 7) is -0.194. The van der Waals surface area contributed by atoms with Gasteiger partial charge in [0.25, 0.3) is 11.8 Å². The minimum Gasteiger partial charge on any atom is -0.395 e.